The standard InChI is InChI=1S/C8H14N4OS.ClH/c1-2-12(5-7(9)13)4-6-3-11-8(10)14-6;/h3H,2,4-5H2,1H3,(H2,9,13)(H2,10,11);1H. The van der Waals surface area contributed by atoms with E-state index in [2.05, 4.69) is 4.98 Å². The Bertz CT molecular complexity index is 317. The number of likely N-dealkylation sites (N-methyl/N-ethyl adjacent to an activating group) is 1. The largest absolute Gasteiger partial charge is 0.375 e. The maximum atomic E-state index is 10.7. The van der Waals surface area contributed by atoms with Gasteiger partial charge in [-0.05, 0) is 6.54 Å². The molecule has 0 fully saturated rings. The Morgan fingerprint density at radius 3 is 2.73 bits per heavy atom. The van der Waals surface area contributed by atoms with Gasteiger partial charge in [0.05, 0.1) is 6.54 Å². The summed E-state index contributed by atoms with van der Waals surface area (Å²) in [6, 6.07) is 0. The minimum Gasteiger partial charge on any atom is -0.375 e. The van der Waals surface area contributed by atoms with Crippen molar-refractivity contribution in [2.45, 2.75) is 13.5 Å². The summed E-state index contributed by atoms with van der Waals surface area (Å²) in [4.78, 5) is 17.6. The van der Waals surface area contributed by atoms with Gasteiger partial charge in [-0.2, -0.15) is 0 Å². The second-order valence-electron chi connectivity index (χ2n) is 2.93. The van der Waals surface area contributed by atoms with Crippen molar-refractivity contribution in [2.75, 3.05) is 18.8 Å². The number of carbonyl (C=O) groups is 1. The second-order valence-corrected chi connectivity index (χ2v) is 4.08. The minimum absolute atomic E-state index is 0. The Balaban J connectivity index is 0.00000196. The van der Waals surface area contributed by atoms with Crippen molar-refractivity contribution in [1.29, 1.82) is 0 Å². The molecular formula is C8H15ClN4OS. The van der Waals surface area contributed by atoms with E-state index in [1.807, 2.05) is 11.8 Å². The van der Waals surface area contributed by atoms with Gasteiger partial charge in [-0.25, -0.2) is 4.98 Å². The summed E-state index contributed by atoms with van der Waals surface area (Å²) >= 11 is 1.43. The number of anilines is 1. The zero-order chi connectivity index (χ0) is 10.6. The van der Waals surface area contributed by atoms with E-state index in [1.165, 1.54) is 11.3 Å². The number of hydrogen-bond donors (Lipinski definition) is 2. The van der Waals surface area contributed by atoms with Gasteiger partial charge in [0.15, 0.2) is 5.13 Å². The highest BCUT2D eigenvalue weighted by Gasteiger charge is 2.08. The van der Waals surface area contributed by atoms with Crippen molar-refractivity contribution in [2.24, 2.45) is 5.73 Å². The van der Waals surface area contributed by atoms with Gasteiger partial charge in [0.25, 0.3) is 0 Å². The number of carbonyl (C=O) groups excluding carboxylic acids is 1. The van der Waals surface area contributed by atoms with Gasteiger partial charge in [0.1, 0.15) is 0 Å². The van der Waals surface area contributed by atoms with Crippen LogP contribution in [0.2, 0.25) is 0 Å². The summed E-state index contributed by atoms with van der Waals surface area (Å²) in [5, 5.41) is 0.551. The highest BCUT2D eigenvalue weighted by Crippen LogP contribution is 2.16. The fraction of sp³-hybridized carbons (Fsp3) is 0.500. The summed E-state index contributed by atoms with van der Waals surface area (Å²) in [5.41, 5.74) is 10.6. The number of nitrogens with two attached hydrogens (primary N) is 2. The van der Waals surface area contributed by atoms with Crippen LogP contribution in [0.4, 0.5) is 5.13 Å². The quantitative estimate of drug-likeness (QED) is 0.795. The number of rotatable bonds is 5. The molecule has 1 aromatic rings. The molecule has 5 nitrogen and oxygen atoms in total. The number of halogens is 1. The first kappa shape index (κ1) is 14.2. The lowest BCUT2D eigenvalue weighted by atomic mass is 10.4. The first-order chi connectivity index (χ1) is 6.61. The van der Waals surface area contributed by atoms with Gasteiger partial charge in [-0.1, -0.05) is 6.92 Å². The molecular weight excluding hydrogens is 236 g/mol. The maximum absolute atomic E-state index is 10.7. The Labute approximate surface area is 98.9 Å². The van der Waals surface area contributed by atoms with Crippen molar-refractivity contribution >= 4 is 34.8 Å². The van der Waals surface area contributed by atoms with Gasteiger partial charge in [0.2, 0.25) is 5.91 Å². The summed E-state index contributed by atoms with van der Waals surface area (Å²) in [6.07, 6.45) is 1.73. The third-order valence-corrected chi connectivity index (χ3v) is 2.59. The lowest BCUT2D eigenvalue weighted by Gasteiger charge is -2.16. The van der Waals surface area contributed by atoms with Crippen LogP contribution in [-0.4, -0.2) is 28.9 Å². The Kier molecular flexibility index (Phi) is 6.23. The van der Waals surface area contributed by atoms with E-state index in [-0.39, 0.29) is 24.9 Å². The Morgan fingerprint density at radius 1 is 1.67 bits per heavy atom. The average molecular weight is 251 g/mol. The third kappa shape index (κ3) is 4.96. The van der Waals surface area contributed by atoms with Crippen molar-refractivity contribution in [3.8, 4) is 0 Å². The highest BCUT2D eigenvalue weighted by molar-refractivity contribution is 7.15. The van der Waals surface area contributed by atoms with Crippen LogP contribution in [0.1, 0.15) is 11.8 Å². The number of amides is 1. The molecule has 0 saturated heterocycles. The Hall–Kier alpha value is -0.850. The molecule has 1 aromatic heterocycles. The lowest BCUT2D eigenvalue weighted by Crippen LogP contribution is -2.32. The predicted molar refractivity (Wildman–Crippen MR) is 63.9 cm³/mol. The monoisotopic (exact) mass is 250 g/mol. The van der Waals surface area contributed by atoms with Crippen molar-refractivity contribution in [3.63, 3.8) is 0 Å². The Morgan fingerprint density at radius 2 is 2.33 bits per heavy atom. The molecule has 0 bridgehead atoms. The molecule has 1 heterocycles. The molecule has 0 aliphatic rings. The molecule has 15 heavy (non-hydrogen) atoms. The van der Waals surface area contributed by atoms with Gasteiger partial charge in [-0.15, -0.1) is 23.7 Å². The van der Waals surface area contributed by atoms with Gasteiger partial charge >= 0.3 is 0 Å². The van der Waals surface area contributed by atoms with E-state index >= 15 is 0 Å². The molecule has 0 unspecified atom stereocenters. The van der Waals surface area contributed by atoms with Crippen LogP contribution in [-0.2, 0) is 11.3 Å². The van der Waals surface area contributed by atoms with Crippen LogP contribution in [0.5, 0.6) is 0 Å². The minimum atomic E-state index is -0.315. The first-order valence-electron chi connectivity index (χ1n) is 4.32. The molecule has 4 N–H and O–H groups in total. The first-order valence-corrected chi connectivity index (χ1v) is 5.14. The second kappa shape index (κ2) is 6.60. The lowest BCUT2D eigenvalue weighted by molar-refractivity contribution is -0.119. The molecule has 86 valence electrons. The van der Waals surface area contributed by atoms with E-state index in [0.717, 1.165) is 11.4 Å². The van der Waals surface area contributed by atoms with E-state index in [4.69, 9.17) is 11.5 Å². The van der Waals surface area contributed by atoms with Gasteiger partial charge in [-0.3, -0.25) is 9.69 Å². The SMILES string of the molecule is CCN(CC(N)=O)Cc1cnc(N)s1.Cl. The normalized spacial score (nSPS) is 10.0. The van der Waals surface area contributed by atoms with Crippen LogP contribution in [0.25, 0.3) is 0 Å². The summed E-state index contributed by atoms with van der Waals surface area (Å²) < 4.78 is 0. The predicted octanol–water partition coefficient (Wildman–Crippen LogP) is 0.454. The fourth-order valence-corrected chi connectivity index (χ4v) is 1.84. The number of thiazole rings is 1. The molecule has 0 aromatic carbocycles. The molecule has 1 amide bonds. The third-order valence-electron chi connectivity index (χ3n) is 1.78. The van der Waals surface area contributed by atoms with E-state index in [0.29, 0.717) is 11.7 Å². The van der Waals surface area contributed by atoms with E-state index < -0.39 is 0 Å². The fourth-order valence-electron chi connectivity index (χ4n) is 1.12. The van der Waals surface area contributed by atoms with Crippen LogP contribution < -0.4 is 11.5 Å². The van der Waals surface area contributed by atoms with E-state index in [9.17, 15) is 4.79 Å². The topological polar surface area (TPSA) is 85.2 Å². The summed E-state index contributed by atoms with van der Waals surface area (Å²) in [6.45, 7) is 3.71. The molecule has 1 rings (SSSR count). The smallest absolute Gasteiger partial charge is 0.231 e. The molecule has 0 saturated carbocycles. The van der Waals surface area contributed by atoms with E-state index in [1.54, 1.807) is 6.20 Å². The molecule has 0 aliphatic carbocycles. The highest BCUT2D eigenvalue weighted by atomic mass is 35.5. The zero-order valence-corrected chi connectivity index (χ0v) is 10.1. The van der Waals surface area contributed by atoms with Crippen LogP contribution >= 0.6 is 23.7 Å². The summed E-state index contributed by atoms with van der Waals surface area (Å²) in [7, 11) is 0. The average Bonchev–Trinajstić information content (AvgIpc) is 2.49. The van der Waals surface area contributed by atoms with Crippen molar-refractivity contribution in [3.05, 3.63) is 11.1 Å². The molecule has 0 spiro atoms. The van der Waals surface area contributed by atoms with Gasteiger partial charge < -0.3 is 11.5 Å². The number of hydrogen-bond acceptors (Lipinski definition) is 5. The molecule has 7 heteroatoms. The van der Waals surface area contributed by atoms with Crippen molar-refractivity contribution in [1.82, 2.24) is 9.88 Å². The van der Waals surface area contributed by atoms with Crippen LogP contribution in [0.15, 0.2) is 6.20 Å². The molecule has 0 atom stereocenters. The van der Waals surface area contributed by atoms with Crippen LogP contribution in [0.3, 0.4) is 0 Å². The number of primary amides is 1. The molecule has 0 radical (unpaired) electrons. The van der Waals surface area contributed by atoms with Gasteiger partial charge in [0, 0.05) is 17.6 Å². The number of nitrogens with zero attached hydrogens (tertiary/aromatic N) is 2. The maximum Gasteiger partial charge on any atom is 0.231 e. The number of aromatic nitrogens is 1. The molecule has 0 aliphatic heterocycles. The summed E-state index contributed by atoms with van der Waals surface area (Å²) in [5.74, 6) is -0.315. The zero-order valence-electron chi connectivity index (χ0n) is 8.47. The van der Waals surface area contributed by atoms with Crippen LogP contribution in [0, 0.1) is 0 Å². The number of nitrogen functional groups attached to an aromatic ring is 1. The van der Waals surface area contributed by atoms with Crippen molar-refractivity contribution < 1.29 is 4.79 Å².